The summed E-state index contributed by atoms with van der Waals surface area (Å²) in [5, 5.41) is 5.01. The van der Waals surface area contributed by atoms with E-state index < -0.39 is 0 Å². The number of urea groups is 1. The quantitative estimate of drug-likeness (QED) is 0.847. The number of hydrogen-bond donors (Lipinski definition) is 1. The van der Waals surface area contributed by atoms with E-state index in [1.807, 2.05) is 53.6 Å². The molecule has 1 aromatic carbocycles. The van der Waals surface area contributed by atoms with Gasteiger partial charge in [-0.2, -0.15) is 0 Å². The van der Waals surface area contributed by atoms with E-state index in [4.69, 9.17) is 4.74 Å². The Morgan fingerprint density at radius 1 is 1.35 bits per heavy atom. The van der Waals surface area contributed by atoms with Crippen LogP contribution in [0.1, 0.15) is 23.5 Å². The highest BCUT2D eigenvalue weighted by Crippen LogP contribution is 2.25. The molecule has 1 aliphatic rings. The monoisotopic (exact) mass is 394 g/mol. The SMILES string of the molecule is C[C@@H]1CN(C(=O)NCc2sccc2Br)C[C@@H](c2ccccc2)O1. The van der Waals surface area contributed by atoms with E-state index in [0.717, 1.165) is 14.9 Å². The Balaban J connectivity index is 1.62. The molecule has 0 bridgehead atoms. The number of thiophene rings is 1. The standard InChI is InChI=1S/C17H19BrN2O2S/c1-12-10-20(11-15(22-12)13-5-3-2-4-6-13)17(21)19-9-16-14(18)7-8-23-16/h2-8,12,15H,9-11H2,1H3,(H,19,21)/t12-,15+/m1/s1. The molecule has 4 nitrogen and oxygen atoms in total. The highest BCUT2D eigenvalue weighted by Gasteiger charge is 2.29. The number of amides is 2. The molecule has 0 saturated carbocycles. The minimum absolute atomic E-state index is 0.0215. The second-order valence-electron chi connectivity index (χ2n) is 5.60. The van der Waals surface area contributed by atoms with E-state index >= 15 is 0 Å². The Hall–Kier alpha value is -1.37. The molecular formula is C17H19BrN2O2S. The Morgan fingerprint density at radius 3 is 2.83 bits per heavy atom. The van der Waals surface area contributed by atoms with Crippen molar-refractivity contribution in [2.45, 2.75) is 25.7 Å². The zero-order chi connectivity index (χ0) is 16.2. The van der Waals surface area contributed by atoms with Gasteiger partial charge in [0.1, 0.15) is 6.10 Å². The van der Waals surface area contributed by atoms with Gasteiger partial charge in [0.2, 0.25) is 0 Å². The molecule has 1 N–H and O–H groups in total. The third-order valence-corrected chi connectivity index (χ3v) is 5.74. The number of benzene rings is 1. The van der Waals surface area contributed by atoms with Crippen LogP contribution in [-0.4, -0.2) is 30.1 Å². The number of nitrogens with one attached hydrogen (secondary N) is 1. The Labute approximate surface area is 148 Å². The minimum Gasteiger partial charge on any atom is -0.367 e. The van der Waals surface area contributed by atoms with Crippen molar-refractivity contribution in [1.29, 1.82) is 0 Å². The topological polar surface area (TPSA) is 41.6 Å². The second kappa shape index (κ2) is 7.47. The predicted molar refractivity (Wildman–Crippen MR) is 95.6 cm³/mol. The van der Waals surface area contributed by atoms with Crippen LogP contribution in [0.2, 0.25) is 0 Å². The lowest BCUT2D eigenvalue weighted by molar-refractivity contribution is -0.0657. The number of ether oxygens (including phenoxy) is 1. The van der Waals surface area contributed by atoms with Gasteiger partial charge in [-0.1, -0.05) is 30.3 Å². The molecule has 23 heavy (non-hydrogen) atoms. The maximum Gasteiger partial charge on any atom is 0.317 e. The minimum atomic E-state index is -0.0702. The summed E-state index contributed by atoms with van der Waals surface area (Å²) in [5.74, 6) is 0. The molecule has 1 aromatic heterocycles. The molecule has 2 amide bonds. The summed E-state index contributed by atoms with van der Waals surface area (Å²) < 4.78 is 7.04. The first-order chi connectivity index (χ1) is 11.1. The molecule has 0 aliphatic carbocycles. The van der Waals surface area contributed by atoms with Gasteiger partial charge >= 0.3 is 6.03 Å². The molecule has 2 atom stereocenters. The third-order valence-electron chi connectivity index (χ3n) is 3.81. The summed E-state index contributed by atoms with van der Waals surface area (Å²) in [4.78, 5) is 15.4. The lowest BCUT2D eigenvalue weighted by Crippen LogP contribution is -2.49. The average Bonchev–Trinajstić information content (AvgIpc) is 2.98. The van der Waals surface area contributed by atoms with Crippen LogP contribution >= 0.6 is 27.3 Å². The van der Waals surface area contributed by atoms with E-state index in [1.54, 1.807) is 11.3 Å². The first-order valence-electron chi connectivity index (χ1n) is 7.58. The van der Waals surface area contributed by atoms with Crippen LogP contribution < -0.4 is 5.32 Å². The molecule has 0 unspecified atom stereocenters. The average molecular weight is 395 g/mol. The summed E-state index contributed by atoms with van der Waals surface area (Å²) in [6.45, 7) is 3.73. The normalized spacial score (nSPS) is 21.2. The van der Waals surface area contributed by atoms with E-state index in [-0.39, 0.29) is 18.2 Å². The van der Waals surface area contributed by atoms with Gasteiger partial charge in [-0.05, 0) is 39.9 Å². The number of nitrogens with zero attached hydrogens (tertiary/aromatic N) is 1. The van der Waals surface area contributed by atoms with Gasteiger partial charge in [0.15, 0.2) is 0 Å². The van der Waals surface area contributed by atoms with Crippen molar-refractivity contribution in [1.82, 2.24) is 10.2 Å². The van der Waals surface area contributed by atoms with Crippen molar-refractivity contribution >= 4 is 33.3 Å². The van der Waals surface area contributed by atoms with Crippen molar-refractivity contribution in [3.05, 3.63) is 56.7 Å². The van der Waals surface area contributed by atoms with Crippen LogP contribution in [0.15, 0.2) is 46.3 Å². The van der Waals surface area contributed by atoms with E-state index in [2.05, 4.69) is 21.2 Å². The van der Waals surface area contributed by atoms with Gasteiger partial charge in [-0.3, -0.25) is 0 Å². The zero-order valence-electron chi connectivity index (χ0n) is 12.9. The molecule has 1 aliphatic heterocycles. The fraction of sp³-hybridized carbons (Fsp3) is 0.353. The van der Waals surface area contributed by atoms with Gasteiger partial charge in [0.25, 0.3) is 0 Å². The molecule has 0 radical (unpaired) electrons. The predicted octanol–water partition coefficient (Wildman–Crippen LogP) is 4.18. The Bertz CT molecular complexity index is 662. The van der Waals surface area contributed by atoms with Crippen molar-refractivity contribution in [2.24, 2.45) is 0 Å². The summed E-state index contributed by atoms with van der Waals surface area (Å²) in [7, 11) is 0. The first kappa shape index (κ1) is 16.5. The first-order valence-corrected chi connectivity index (χ1v) is 9.26. The number of morpholine rings is 1. The van der Waals surface area contributed by atoms with Crippen molar-refractivity contribution in [3.63, 3.8) is 0 Å². The lowest BCUT2D eigenvalue weighted by atomic mass is 10.1. The molecule has 0 spiro atoms. The van der Waals surface area contributed by atoms with Crippen LogP contribution in [0.5, 0.6) is 0 Å². The van der Waals surface area contributed by atoms with E-state index in [1.165, 1.54) is 0 Å². The molecule has 1 fully saturated rings. The smallest absolute Gasteiger partial charge is 0.317 e. The molecule has 122 valence electrons. The maximum absolute atomic E-state index is 12.5. The number of hydrogen-bond acceptors (Lipinski definition) is 3. The summed E-state index contributed by atoms with van der Waals surface area (Å²) in [5.41, 5.74) is 1.11. The highest BCUT2D eigenvalue weighted by molar-refractivity contribution is 9.10. The molecule has 6 heteroatoms. The van der Waals surface area contributed by atoms with Crippen LogP contribution in [0.3, 0.4) is 0 Å². The number of carbonyl (C=O) groups is 1. The fourth-order valence-electron chi connectivity index (χ4n) is 2.69. The largest absolute Gasteiger partial charge is 0.367 e. The van der Waals surface area contributed by atoms with Crippen molar-refractivity contribution < 1.29 is 9.53 Å². The van der Waals surface area contributed by atoms with E-state index in [9.17, 15) is 4.79 Å². The van der Waals surface area contributed by atoms with Crippen LogP contribution in [0, 0.1) is 0 Å². The Morgan fingerprint density at radius 2 is 2.13 bits per heavy atom. The number of rotatable bonds is 3. The summed E-state index contributed by atoms with van der Waals surface area (Å²) >= 11 is 5.12. The molecule has 1 saturated heterocycles. The van der Waals surface area contributed by atoms with Crippen LogP contribution in [0.4, 0.5) is 4.79 Å². The van der Waals surface area contributed by atoms with Crippen LogP contribution in [0.25, 0.3) is 0 Å². The number of halogens is 1. The van der Waals surface area contributed by atoms with Crippen molar-refractivity contribution in [2.75, 3.05) is 13.1 Å². The van der Waals surface area contributed by atoms with Crippen molar-refractivity contribution in [3.8, 4) is 0 Å². The van der Waals surface area contributed by atoms with Gasteiger partial charge in [0, 0.05) is 15.9 Å². The lowest BCUT2D eigenvalue weighted by Gasteiger charge is -2.37. The zero-order valence-corrected chi connectivity index (χ0v) is 15.3. The van der Waals surface area contributed by atoms with Gasteiger partial charge < -0.3 is 15.0 Å². The van der Waals surface area contributed by atoms with E-state index in [0.29, 0.717) is 19.6 Å². The number of carbonyl (C=O) groups excluding carboxylic acids is 1. The van der Waals surface area contributed by atoms with Crippen LogP contribution in [-0.2, 0) is 11.3 Å². The maximum atomic E-state index is 12.5. The highest BCUT2D eigenvalue weighted by atomic mass is 79.9. The van der Waals surface area contributed by atoms with Gasteiger partial charge in [-0.15, -0.1) is 11.3 Å². The fourth-order valence-corrected chi connectivity index (χ4v) is 4.12. The second-order valence-corrected chi connectivity index (χ2v) is 7.46. The van der Waals surface area contributed by atoms with Gasteiger partial charge in [0.05, 0.1) is 19.2 Å². The third kappa shape index (κ3) is 4.13. The molecule has 2 heterocycles. The Kier molecular flexibility index (Phi) is 5.35. The molecule has 3 rings (SSSR count). The summed E-state index contributed by atoms with van der Waals surface area (Å²) in [6.07, 6.45) is -0.0487. The molecule has 2 aromatic rings. The van der Waals surface area contributed by atoms with Gasteiger partial charge in [-0.25, -0.2) is 4.79 Å². The summed E-state index contributed by atoms with van der Waals surface area (Å²) in [6, 6.07) is 12.0. The molecular weight excluding hydrogens is 376 g/mol.